The van der Waals surface area contributed by atoms with Crippen LogP contribution in [0.3, 0.4) is 0 Å². The highest BCUT2D eigenvalue weighted by Gasteiger charge is 2.11. The van der Waals surface area contributed by atoms with Gasteiger partial charge in [-0.3, -0.25) is 9.69 Å². The fraction of sp³-hybridized carbons (Fsp3) is 0.500. The number of carbonyl (C=O) groups excluding carboxylic acids is 1. The maximum absolute atomic E-state index is 11.1. The molecule has 1 aliphatic heterocycles. The fourth-order valence-electron chi connectivity index (χ4n) is 2.32. The molecule has 0 N–H and O–H groups in total. The summed E-state index contributed by atoms with van der Waals surface area (Å²) in [5.74, 6) is 0.235. The Labute approximate surface area is 97.3 Å². The molecule has 1 saturated heterocycles. The Kier molecular flexibility index (Phi) is 3.73. The first-order valence-electron chi connectivity index (χ1n) is 6.03. The third-order valence-corrected chi connectivity index (χ3v) is 3.05. The van der Waals surface area contributed by atoms with Gasteiger partial charge in [0.05, 0.1) is 0 Å². The molecule has 0 aliphatic carbocycles. The van der Waals surface area contributed by atoms with Gasteiger partial charge >= 0.3 is 0 Å². The second kappa shape index (κ2) is 5.26. The number of nitrogens with zero attached hydrogens (tertiary/aromatic N) is 1. The summed E-state index contributed by atoms with van der Waals surface area (Å²) in [7, 11) is 0. The monoisotopic (exact) mass is 217 g/mol. The van der Waals surface area contributed by atoms with Crippen LogP contribution in [0.15, 0.2) is 24.3 Å². The Hall–Kier alpha value is -1.15. The van der Waals surface area contributed by atoms with E-state index in [-0.39, 0.29) is 5.78 Å². The molecule has 2 rings (SSSR count). The largest absolute Gasteiger partial charge is 0.300 e. The van der Waals surface area contributed by atoms with Crippen molar-refractivity contribution in [3.8, 4) is 0 Å². The standard InChI is InChI=1S/C14H19NO/c1-12(16)9-13-5-4-6-14(10-13)11-15-7-2-3-8-15/h4-6,10H,2-3,7-9,11H2,1H3. The van der Waals surface area contributed by atoms with Gasteiger partial charge in [0.25, 0.3) is 0 Å². The highest BCUT2D eigenvalue weighted by molar-refractivity contribution is 5.78. The van der Waals surface area contributed by atoms with Gasteiger partial charge in [-0.15, -0.1) is 0 Å². The summed E-state index contributed by atoms with van der Waals surface area (Å²) in [6.07, 6.45) is 3.22. The number of benzene rings is 1. The quantitative estimate of drug-likeness (QED) is 0.772. The Bertz CT molecular complexity index is 367. The van der Waals surface area contributed by atoms with E-state index in [9.17, 15) is 4.79 Å². The van der Waals surface area contributed by atoms with E-state index in [1.807, 2.05) is 6.07 Å². The molecule has 1 heterocycles. The van der Waals surface area contributed by atoms with E-state index in [4.69, 9.17) is 0 Å². The van der Waals surface area contributed by atoms with Crippen LogP contribution in [-0.4, -0.2) is 23.8 Å². The summed E-state index contributed by atoms with van der Waals surface area (Å²) in [4.78, 5) is 13.5. The second-order valence-corrected chi connectivity index (χ2v) is 4.68. The third-order valence-electron chi connectivity index (χ3n) is 3.05. The molecular weight excluding hydrogens is 198 g/mol. The van der Waals surface area contributed by atoms with Gasteiger partial charge in [0.15, 0.2) is 0 Å². The van der Waals surface area contributed by atoms with E-state index < -0.39 is 0 Å². The average molecular weight is 217 g/mol. The van der Waals surface area contributed by atoms with E-state index in [2.05, 4.69) is 23.1 Å². The van der Waals surface area contributed by atoms with E-state index in [1.165, 1.54) is 31.5 Å². The normalized spacial score (nSPS) is 16.6. The first-order valence-corrected chi connectivity index (χ1v) is 6.03. The number of rotatable bonds is 4. The molecule has 2 heteroatoms. The van der Waals surface area contributed by atoms with Crippen molar-refractivity contribution >= 4 is 5.78 Å². The van der Waals surface area contributed by atoms with Crippen LogP contribution in [0.4, 0.5) is 0 Å². The first kappa shape index (κ1) is 11.3. The molecule has 0 bridgehead atoms. The zero-order valence-electron chi connectivity index (χ0n) is 9.91. The van der Waals surface area contributed by atoms with Crippen LogP contribution in [0.5, 0.6) is 0 Å². The molecule has 1 aromatic rings. The molecule has 86 valence electrons. The average Bonchev–Trinajstić information content (AvgIpc) is 2.70. The fourth-order valence-corrected chi connectivity index (χ4v) is 2.32. The summed E-state index contributed by atoms with van der Waals surface area (Å²) in [6, 6.07) is 8.42. The summed E-state index contributed by atoms with van der Waals surface area (Å²) in [5.41, 5.74) is 2.48. The molecule has 0 saturated carbocycles. The topological polar surface area (TPSA) is 20.3 Å². The number of ketones is 1. The first-order chi connectivity index (χ1) is 7.74. The Morgan fingerprint density at radius 1 is 1.25 bits per heavy atom. The summed E-state index contributed by atoms with van der Waals surface area (Å²) < 4.78 is 0. The van der Waals surface area contributed by atoms with Crippen molar-refractivity contribution in [1.29, 1.82) is 0 Å². The summed E-state index contributed by atoms with van der Waals surface area (Å²) >= 11 is 0. The number of likely N-dealkylation sites (tertiary alicyclic amines) is 1. The van der Waals surface area contributed by atoms with E-state index >= 15 is 0 Å². The van der Waals surface area contributed by atoms with Crippen molar-refractivity contribution in [1.82, 2.24) is 4.90 Å². The number of hydrogen-bond acceptors (Lipinski definition) is 2. The van der Waals surface area contributed by atoms with Crippen molar-refractivity contribution in [3.05, 3.63) is 35.4 Å². The minimum atomic E-state index is 0.235. The number of Topliss-reactive ketones (excluding diaryl/α,β-unsaturated/α-hetero) is 1. The van der Waals surface area contributed by atoms with E-state index in [1.54, 1.807) is 6.92 Å². The number of carbonyl (C=O) groups is 1. The van der Waals surface area contributed by atoms with Gasteiger partial charge in [0.2, 0.25) is 0 Å². The van der Waals surface area contributed by atoms with Gasteiger partial charge < -0.3 is 0 Å². The lowest BCUT2D eigenvalue weighted by Crippen LogP contribution is -2.18. The Balaban J connectivity index is 2.00. The van der Waals surface area contributed by atoms with Crippen LogP contribution in [0.1, 0.15) is 30.9 Å². The van der Waals surface area contributed by atoms with Crippen LogP contribution >= 0.6 is 0 Å². The number of hydrogen-bond donors (Lipinski definition) is 0. The molecule has 0 atom stereocenters. The maximum atomic E-state index is 11.1. The lowest BCUT2D eigenvalue weighted by Gasteiger charge is -2.14. The van der Waals surface area contributed by atoms with Crippen LogP contribution in [0.25, 0.3) is 0 Å². The molecule has 1 fully saturated rings. The Morgan fingerprint density at radius 2 is 1.94 bits per heavy atom. The molecule has 0 radical (unpaired) electrons. The Morgan fingerprint density at radius 3 is 2.62 bits per heavy atom. The van der Waals surface area contributed by atoms with Crippen molar-refractivity contribution in [2.24, 2.45) is 0 Å². The zero-order chi connectivity index (χ0) is 11.4. The molecular formula is C14H19NO. The van der Waals surface area contributed by atoms with Gasteiger partial charge in [0, 0.05) is 13.0 Å². The van der Waals surface area contributed by atoms with Gasteiger partial charge in [-0.05, 0) is 44.0 Å². The molecule has 0 amide bonds. The summed E-state index contributed by atoms with van der Waals surface area (Å²) in [6.45, 7) is 5.12. The highest BCUT2D eigenvalue weighted by atomic mass is 16.1. The van der Waals surface area contributed by atoms with Crippen LogP contribution in [0.2, 0.25) is 0 Å². The van der Waals surface area contributed by atoms with Gasteiger partial charge in [-0.25, -0.2) is 0 Å². The van der Waals surface area contributed by atoms with Crippen LogP contribution in [0, 0.1) is 0 Å². The smallest absolute Gasteiger partial charge is 0.134 e. The molecule has 1 aromatic carbocycles. The molecule has 0 aromatic heterocycles. The minimum Gasteiger partial charge on any atom is -0.300 e. The molecule has 0 unspecified atom stereocenters. The van der Waals surface area contributed by atoms with Crippen molar-refractivity contribution < 1.29 is 4.79 Å². The predicted molar refractivity (Wildman–Crippen MR) is 65.3 cm³/mol. The zero-order valence-corrected chi connectivity index (χ0v) is 9.91. The van der Waals surface area contributed by atoms with E-state index in [0.717, 1.165) is 12.1 Å². The van der Waals surface area contributed by atoms with Gasteiger partial charge in [-0.2, -0.15) is 0 Å². The highest BCUT2D eigenvalue weighted by Crippen LogP contribution is 2.14. The molecule has 1 aliphatic rings. The van der Waals surface area contributed by atoms with Gasteiger partial charge in [-0.1, -0.05) is 24.3 Å². The maximum Gasteiger partial charge on any atom is 0.134 e. The predicted octanol–water partition coefficient (Wildman–Crippen LogP) is 2.41. The SMILES string of the molecule is CC(=O)Cc1cccc(CN2CCCC2)c1. The third kappa shape index (κ3) is 3.17. The minimum absolute atomic E-state index is 0.235. The van der Waals surface area contributed by atoms with E-state index in [0.29, 0.717) is 6.42 Å². The van der Waals surface area contributed by atoms with Crippen LogP contribution < -0.4 is 0 Å². The van der Waals surface area contributed by atoms with Gasteiger partial charge in [0.1, 0.15) is 5.78 Å². The van der Waals surface area contributed by atoms with Crippen molar-refractivity contribution in [2.45, 2.75) is 32.7 Å². The van der Waals surface area contributed by atoms with Crippen LogP contribution in [-0.2, 0) is 17.8 Å². The molecule has 0 spiro atoms. The lowest BCUT2D eigenvalue weighted by molar-refractivity contribution is -0.116. The second-order valence-electron chi connectivity index (χ2n) is 4.68. The molecule has 16 heavy (non-hydrogen) atoms. The van der Waals surface area contributed by atoms with Crippen molar-refractivity contribution in [2.75, 3.05) is 13.1 Å². The lowest BCUT2D eigenvalue weighted by atomic mass is 10.1. The van der Waals surface area contributed by atoms with Crippen molar-refractivity contribution in [3.63, 3.8) is 0 Å². The summed E-state index contributed by atoms with van der Waals surface area (Å²) in [5, 5.41) is 0. The molecule has 2 nitrogen and oxygen atoms in total.